The molecule has 18 heavy (non-hydrogen) atoms. The second-order valence-electron chi connectivity index (χ2n) is 4.58. The first-order valence-corrected chi connectivity index (χ1v) is 5.63. The largest absolute Gasteiger partial charge is 0.467 e. The van der Waals surface area contributed by atoms with Crippen LogP contribution in [0.2, 0.25) is 0 Å². The Morgan fingerprint density at radius 1 is 1.56 bits per heavy atom. The van der Waals surface area contributed by atoms with Gasteiger partial charge in [0, 0.05) is 12.5 Å². The SMILES string of the molecule is C=CCC1(C)C(OC)CN(C(=O)O)C1C(=O)OC. The molecule has 0 bridgehead atoms. The monoisotopic (exact) mass is 257 g/mol. The first kappa shape index (κ1) is 14.5. The van der Waals surface area contributed by atoms with Gasteiger partial charge in [0.25, 0.3) is 0 Å². The molecule has 1 heterocycles. The van der Waals surface area contributed by atoms with Gasteiger partial charge >= 0.3 is 12.1 Å². The molecule has 6 nitrogen and oxygen atoms in total. The summed E-state index contributed by atoms with van der Waals surface area (Å²) in [4.78, 5) is 24.2. The Hall–Kier alpha value is -1.56. The molecule has 1 aliphatic heterocycles. The predicted octanol–water partition coefficient (Wildman–Crippen LogP) is 1.12. The van der Waals surface area contributed by atoms with Gasteiger partial charge < -0.3 is 14.6 Å². The lowest BCUT2D eigenvalue weighted by molar-refractivity contribution is -0.149. The van der Waals surface area contributed by atoms with Crippen LogP contribution in [-0.2, 0) is 14.3 Å². The van der Waals surface area contributed by atoms with Crippen LogP contribution >= 0.6 is 0 Å². The van der Waals surface area contributed by atoms with E-state index in [0.717, 1.165) is 4.90 Å². The van der Waals surface area contributed by atoms with Crippen LogP contribution in [0, 0.1) is 5.41 Å². The smallest absolute Gasteiger partial charge is 0.408 e. The number of methoxy groups -OCH3 is 2. The number of hydrogen-bond donors (Lipinski definition) is 1. The van der Waals surface area contributed by atoms with E-state index in [1.54, 1.807) is 6.08 Å². The zero-order valence-corrected chi connectivity index (χ0v) is 10.9. The quantitative estimate of drug-likeness (QED) is 0.603. The Morgan fingerprint density at radius 3 is 2.56 bits per heavy atom. The molecular weight excluding hydrogens is 238 g/mol. The van der Waals surface area contributed by atoms with E-state index in [9.17, 15) is 14.7 Å². The number of rotatable bonds is 4. The number of allylic oxidation sites excluding steroid dienone is 1. The van der Waals surface area contributed by atoms with Crippen LogP contribution in [0.25, 0.3) is 0 Å². The Morgan fingerprint density at radius 2 is 2.17 bits per heavy atom. The van der Waals surface area contributed by atoms with E-state index in [1.807, 2.05) is 6.92 Å². The standard InChI is InChI=1S/C12H19NO5/c1-5-6-12(2)8(17-3)7-13(11(15)16)9(12)10(14)18-4/h5,8-9H,1,6-7H2,2-4H3,(H,15,16). The van der Waals surface area contributed by atoms with Crippen molar-refractivity contribution >= 4 is 12.1 Å². The summed E-state index contributed by atoms with van der Waals surface area (Å²) in [5, 5.41) is 9.18. The fraction of sp³-hybridized carbons (Fsp3) is 0.667. The van der Waals surface area contributed by atoms with E-state index in [2.05, 4.69) is 6.58 Å². The molecule has 6 heteroatoms. The second-order valence-corrected chi connectivity index (χ2v) is 4.58. The van der Waals surface area contributed by atoms with Crippen molar-refractivity contribution in [2.45, 2.75) is 25.5 Å². The lowest BCUT2D eigenvalue weighted by Gasteiger charge is -2.33. The third kappa shape index (κ3) is 2.20. The fourth-order valence-corrected chi connectivity index (χ4v) is 2.62. The number of hydrogen-bond acceptors (Lipinski definition) is 4. The zero-order chi connectivity index (χ0) is 13.9. The average Bonchev–Trinajstić information content (AvgIpc) is 2.61. The van der Waals surface area contributed by atoms with Crippen LogP contribution in [0.3, 0.4) is 0 Å². The van der Waals surface area contributed by atoms with E-state index in [1.165, 1.54) is 14.2 Å². The van der Waals surface area contributed by atoms with E-state index in [-0.39, 0.29) is 12.6 Å². The number of carbonyl (C=O) groups excluding carboxylic acids is 1. The number of nitrogens with zero attached hydrogens (tertiary/aromatic N) is 1. The molecule has 102 valence electrons. The van der Waals surface area contributed by atoms with Gasteiger partial charge in [0.1, 0.15) is 6.04 Å². The van der Waals surface area contributed by atoms with Crippen LogP contribution in [0.4, 0.5) is 4.79 Å². The fourth-order valence-electron chi connectivity index (χ4n) is 2.62. The van der Waals surface area contributed by atoms with Gasteiger partial charge in [0.15, 0.2) is 0 Å². The first-order valence-electron chi connectivity index (χ1n) is 5.63. The molecule has 1 saturated heterocycles. The predicted molar refractivity (Wildman–Crippen MR) is 64.3 cm³/mol. The highest BCUT2D eigenvalue weighted by atomic mass is 16.5. The number of ether oxygens (including phenoxy) is 2. The van der Waals surface area contributed by atoms with Crippen molar-refractivity contribution in [3.05, 3.63) is 12.7 Å². The molecule has 1 N–H and O–H groups in total. The number of esters is 1. The Balaban J connectivity index is 3.18. The van der Waals surface area contributed by atoms with Crippen molar-refractivity contribution in [1.29, 1.82) is 0 Å². The average molecular weight is 257 g/mol. The number of carbonyl (C=O) groups is 2. The van der Waals surface area contributed by atoms with E-state index >= 15 is 0 Å². The molecule has 1 fully saturated rings. The zero-order valence-electron chi connectivity index (χ0n) is 10.9. The van der Waals surface area contributed by atoms with Crippen molar-refractivity contribution in [2.75, 3.05) is 20.8 Å². The maximum Gasteiger partial charge on any atom is 0.408 e. The Bertz CT molecular complexity index is 356. The summed E-state index contributed by atoms with van der Waals surface area (Å²) >= 11 is 0. The van der Waals surface area contributed by atoms with Crippen molar-refractivity contribution in [3.63, 3.8) is 0 Å². The summed E-state index contributed by atoms with van der Waals surface area (Å²) in [5.41, 5.74) is -0.665. The molecule has 1 aliphatic rings. The maximum absolute atomic E-state index is 11.9. The van der Waals surface area contributed by atoms with Gasteiger partial charge in [0.05, 0.1) is 19.8 Å². The summed E-state index contributed by atoms with van der Waals surface area (Å²) in [6, 6.07) is -0.872. The van der Waals surface area contributed by atoms with Gasteiger partial charge in [-0.2, -0.15) is 0 Å². The molecule has 0 radical (unpaired) electrons. The summed E-state index contributed by atoms with van der Waals surface area (Å²) < 4.78 is 10.0. The highest BCUT2D eigenvalue weighted by molar-refractivity contribution is 5.82. The van der Waals surface area contributed by atoms with Crippen molar-refractivity contribution < 1.29 is 24.2 Å². The van der Waals surface area contributed by atoms with Crippen LogP contribution in [0.5, 0.6) is 0 Å². The number of amides is 1. The third-order valence-electron chi connectivity index (χ3n) is 3.57. The van der Waals surface area contributed by atoms with E-state index in [0.29, 0.717) is 6.42 Å². The first-order chi connectivity index (χ1) is 8.42. The highest BCUT2D eigenvalue weighted by Crippen LogP contribution is 2.42. The van der Waals surface area contributed by atoms with Crippen LogP contribution < -0.4 is 0 Å². The van der Waals surface area contributed by atoms with Crippen molar-refractivity contribution in [1.82, 2.24) is 4.90 Å². The van der Waals surface area contributed by atoms with Gasteiger partial charge in [-0.25, -0.2) is 9.59 Å². The molecule has 0 spiro atoms. The lowest BCUT2D eigenvalue weighted by Crippen LogP contribution is -2.48. The van der Waals surface area contributed by atoms with Gasteiger partial charge in [-0.05, 0) is 6.42 Å². The molecule has 1 amide bonds. The minimum absolute atomic E-state index is 0.149. The third-order valence-corrected chi connectivity index (χ3v) is 3.57. The van der Waals surface area contributed by atoms with Crippen LogP contribution in [0.1, 0.15) is 13.3 Å². The minimum Gasteiger partial charge on any atom is -0.467 e. The second kappa shape index (κ2) is 5.39. The van der Waals surface area contributed by atoms with Gasteiger partial charge in [-0.15, -0.1) is 6.58 Å². The van der Waals surface area contributed by atoms with Gasteiger partial charge in [-0.1, -0.05) is 13.0 Å². The van der Waals surface area contributed by atoms with Crippen molar-refractivity contribution in [2.24, 2.45) is 5.41 Å². The van der Waals surface area contributed by atoms with Crippen molar-refractivity contribution in [3.8, 4) is 0 Å². The topological polar surface area (TPSA) is 76.1 Å². The summed E-state index contributed by atoms with van der Waals surface area (Å²) in [6.07, 6.45) is 0.610. The molecule has 3 atom stereocenters. The molecule has 0 aromatic heterocycles. The minimum atomic E-state index is -1.15. The Kier molecular flexibility index (Phi) is 4.34. The molecule has 0 aliphatic carbocycles. The molecular formula is C12H19NO5. The van der Waals surface area contributed by atoms with Crippen LogP contribution in [-0.4, -0.2) is 55.0 Å². The Labute approximate surface area is 106 Å². The summed E-state index contributed by atoms with van der Waals surface area (Å²) in [5.74, 6) is -0.568. The van der Waals surface area contributed by atoms with E-state index in [4.69, 9.17) is 9.47 Å². The molecule has 1 rings (SSSR count). The molecule has 0 aromatic rings. The van der Waals surface area contributed by atoms with Gasteiger partial charge in [-0.3, -0.25) is 4.90 Å². The van der Waals surface area contributed by atoms with Gasteiger partial charge in [0.2, 0.25) is 0 Å². The van der Waals surface area contributed by atoms with Crippen LogP contribution in [0.15, 0.2) is 12.7 Å². The highest BCUT2D eigenvalue weighted by Gasteiger charge is 2.56. The maximum atomic E-state index is 11.9. The number of likely N-dealkylation sites (tertiary alicyclic amines) is 1. The lowest BCUT2D eigenvalue weighted by atomic mass is 9.77. The summed E-state index contributed by atoms with van der Waals surface area (Å²) in [6.45, 7) is 5.62. The molecule has 3 unspecified atom stereocenters. The molecule has 0 saturated carbocycles. The molecule has 0 aromatic carbocycles. The van der Waals surface area contributed by atoms with E-state index < -0.39 is 23.5 Å². The summed E-state index contributed by atoms with van der Waals surface area (Å²) in [7, 11) is 2.75. The normalized spacial score (nSPS) is 31.2. The number of carboxylic acid groups (broad SMARTS) is 1.